The van der Waals surface area contributed by atoms with Crippen LogP contribution in [-0.2, 0) is 10.8 Å². The molecule has 572 valence electrons. The van der Waals surface area contributed by atoms with Gasteiger partial charge in [0, 0.05) is 57.6 Å². The van der Waals surface area contributed by atoms with Gasteiger partial charge < -0.3 is 0 Å². The summed E-state index contributed by atoms with van der Waals surface area (Å²) in [6.07, 6.45) is 0. The van der Waals surface area contributed by atoms with Crippen LogP contribution in [0.3, 0.4) is 0 Å². The molecule has 2 aliphatic heterocycles. The SMILES string of the molecule is C.c1ccc(-c2nc3ccc(-c4cccc(-c5ccc6c7ccccc7c7ccccc7c6c5)c4)cc3c3c4c(ccc23)C2(c3ccccc3S4)c3ccccc3-c3ccccc32)cc1.c1ccc2c(c1)Sc1cc3c(-c4ccc(-c5ccc6c7ccccc7c7ccccc7c6c5)cc4)nc4ccccc4c3cc1C21c2ccccc2-c2ccccc21. The number of hydrogen-bond donors (Lipinski definition) is 0. The third-order valence-corrected chi connectivity index (χ3v) is 29.3. The fourth-order valence-electron chi connectivity index (χ4n) is 21.8. The Kier molecular flexibility index (Phi) is 16.0. The van der Waals surface area contributed by atoms with E-state index in [1.807, 2.05) is 23.5 Å². The highest BCUT2D eigenvalue weighted by Gasteiger charge is 2.52. The Labute approximate surface area is 721 Å². The summed E-state index contributed by atoms with van der Waals surface area (Å²) >= 11 is 3.81. The maximum absolute atomic E-state index is 5.49. The molecule has 0 radical (unpaired) electrons. The molecular formula is C119H74N2S2. The van der Waals surface area contributed by atoms with Crippen LogP contribution in [-0.4, -0.2) is 9.97 Å². The zero-order chi connectivity index (χ0) is 79.9. The lowest BCUT2D eigenvalue weighted by Gasteiger charge is -2.40. The van der Waals surface area contributed by atoms with Crippen LogP contribution < -0.4 is 0 Å². The number of pyridine rings is 2. The van der Waals surface area contributed by atoms with Crippen molar-refractivity contribution >= 4 is 132 Å². The van der Waals surface area contributed by atoms with E-state index in [2.05, 4.69) is 425 Å². The molecular weight excluding hydrogens is 1520 g/mol. The van der Waals surface area contributed by atoms with Gasteiger partial charge in [0.2, 0.25) is 0 Å². The lowest BCUT2D eigenvalue weighted by Crippen LogP contribution is -2.32. The van der Waals surface area contributed by atoms with E-state index >= 15 is 0 Å². The molecule has 2 spiro atoms. The quantitative estimate of drug-likeness (QED) is 0.160. The van der Waals surface area contributed by atoms with Crippen molar-refractivity contribution in [1.82, 2.24) is 9.97 Å². The van der Waals surface area contributed by atoms with Crippen LogP contribution >= 0.6 is 23.5 Å². The van der Waals surface area contributed by atoms with E-state index in [1.165, 1.54) is 217 Å². The largest absolute Gasteiger partial charge is 0.247 e. The lowest BCUT2D eigenvalue weighted by atomic mass is 9.67. The summed E-state index contributed by atoms with van der Waals surface area (Å²) in [5, 5.41) is 22.7. The van der Waals surface area contributed by atoms with Crippen LogP contribution in [0, 0.1) is 0 Å². The third kappa shape index (κ3) is 10.4. The standard InChI is InChI=1S/C62H37NS.C56H33NS.CH4/c1-2-15-38(16-3-1)60-50-32-33-56-61(64-58-28-13-12-27-55(58)62(56)53-25-10-8-23-48(53)49-24-9-11-26-54(49)62)59(50)52-37-42(30-34-57(52)63-60)40-18-14-17-39(35-40)41-29-31-47-45-21-5-4-19-43(45)44-20-6-7-22-46(44)51(47)36-41;1-2-15-39-37(13-1)38-14-3-4-16-40(38)45-31-36(29-30-41(39)45)34-25-27-35(28-26-34)55-47-33-54-51(32-46(47)44-19-7-11-23-52(44)57-55)56(50-22-10-12-24-53(50)58-54)48-20-8-5-17-42(48)43-18-6-9-21-49(43)56;/h1-37H;1-33H;1H4. The second kappa shape index (κ2) is 27.6. The summed E-state index contributed by atoms with van der Waals surface area (Å²) in [5.74, 6) is 0. The fourth-order valence-corrected chi connectivity index (χ4v) is 24.4. The van der Waals surface area contributed by atoms with E-state index < -0.39 is 10.8 Å². The van der Waals surface area contributed by atoms with Crippen LogP contribution in [0.5, 0.6) is 0 Å². The molecule has 123 heavy (non-hydrogen) atoms. The predicted molar refractivity (Wildman–Crippen MR) is 520 cm³/mol. The number of fused-ring (bicyclic) bond motifs is 37. The molecule has 2 nitrogen and oxygen atoms in total. The van der Waals surface area contributed by atoms with Crippen molar-refractivity contribution in [2.75, 3.05) is 0 Å². The normalized spacial score (nSPS) is 13.4. The van der Waals surface area contributed by atoms with E-state index in [1.54, 1.807) is 0 Å². The zero-order valence-electron chi connectivity index (χ0n) is 66.1. The van der Waals surface area contributed by atoms with Gasteiger partial charge in [0.1, 0.15) is 0 Å². The highest BCUT2D eigenvalue weighted by Crippen LogP contribution is 2.66. The Bertz CT molecular complexity index is 8310. The minimum absolute atomic E-state index is 0. The highest BCUT2D eigenvalue weighted by atomic mass is 32.2. The molecule has 0 N–H and O–H groups in total. The Balaban J connectivity index is 0.000000135. The summed E-state index contributed by atoms with van der Waals surface area (Å²) in [5.41, 5.74) is 28.6. The number of nitrogens with zero attached hydrogens (tertiary/aromatic N) is 2. The Morgan fingerprint density at radius 1 is 0.171 bits per heavy atom. The number of para-hydroxylation sites is 1. The van der Waals surface area contributed by atoms with Gasteiger partial charge in [-0.2, -0.15) is 0 Å². The predicted octanol–water partition coefficient (Wildman–Crippen LogP) is 32.3. The Morgan fingerprint density at radius 2 is 0.504 bits per heavy atom. The fraction of sp³-hybridized carbons (Fsp3) is 0.0252. The molecule has 4 aliphatic rings. The minimum Gasteiger partial charge on any atom is -0.247 e. The number of rotatable bonds is 5. The van der Waals surface area contributed by atoms with Gasteiger partial charge in [0.05, 0.1) is 33.3 Å². The van der Waals surface area contributed by atoms with Crippen molar-refractivity contribution in [3.8, 4) is 78.1 Å². The first kappa shape index (κ1) is 71.2. The summed E-state index contributed by atoms with van der Waals surface area (Å²) in [7, 11) is 0. The van der Waals surface area contributed by atoms with Crippen LogP contribution in [0.4, 0.5) is 0 Å². The Morgan fingerprint density at radius 3 is 1.02 bits per heavy atom. The first-order chi connectivity index (χ1) is 60.5. The van der Waals surface area contributed by atoms with Gasteiger partial charge in [-0.3, -0.25) is 0 Å². The third-order valence-electron chi connectivity index (χ3n) is 27.0. The first-order valence-electron chi connectivity index (χ1n) is 42.1. The Hall–Kier alpha value is -14.8. The average Bonchev–Trinajstić information content (AvgIpc) is 1.55. The second-order valence-corrected chi connectivity index (χ2v) is 35.2. The summed E-state index contributed by atoms with van der Waals surface area (Å²) in [6, 6.07) is 158. The monoisotopic (exact) mass is 1590 g/mol. The molecule has 4 heteroatoms. The summed E-state index contributed by atoms with van der Waals surface area (Å²) in [4.78, 5) is 16.1. The van der Waals surface area contributed by atoms with Crippen LogP contribution in [0.15, 0.2) is 444 Å². The van der Waals surface area contributed by atoms with Crippen LogP contribution in [0.1, 0.15) is 51.9 Å². The molecule has 27 rings (SSSR count). The van der Waals surface area contributed by atoms with Gasteiger partial charge in [0.25, 0.3) is 0 Å². The smallest absolute Gasteiger partial charge is 0.0788 e. The van der Waals surface area contributed by atoms with Crippen molar-refractivity contribution in [3.05, 3.63) is 469 Å². The lowest BCUT2D eigenvalue weighted by molar-refractivity contribution is 0.724. The van der Waals surface area contributed by atoms with E-state index in [-0.39, 0.29) is 7.43 Å². The van der Waals surface area contributed by atoms with Crippen molar-refractivity contribution in [1.29, 1.82) is 0 Å². The topological polar surface area (TPSA) is 25.8 Å². The molecule has 0 unspecified atom stereocenters. The molecule has 21 aromatic carbocycles. The molecule has 0 saturated heterocycles. The van der Waals surface area contributed by atoms with Gasteiger partial charge in [-0.25, -0.2) is 9.97 Å². The van der Waals surface area contributed by atoms with Gasteiger partial charge in [-0.05, 0) is 231 Å². The average molecular weight is 1600 g/mol. The molecule has 23 aromatic rings. The molecule has 0 amide bonds. The van der Waals surface area contributed by atoms with Crippen molar-refractivity contribution in [2.45, 2.75) is 37.8 Å². The summed E-state index contributed by atoms with van der Waals surface area (Å²) < 4.78 is 0. The van der Waals surface area contributed by atoms with E-state index in [0.717, 1.165) is 33.5 Å². The first-order valence-corrected chi connectivity index (χ1v) is 43.8. The molecule has 0 saturated carbocycles. The number of aromatic nitrogens is 2. The maximum atomic E-state index is 5.49. The van der Waals surface area contributed by atoms with Gasteiger partial charge in [-0.1, -0.05) is 395 Å². The molecule has 4 heterocycles. The van der Waals surface area contributed by atoms with Crippen molar-refractivity contribution < 1.29 is 0 Å². The minimum atomic E-state index is -0.468. The molecule has 2 aromatic heterocycles. The number of benzene rings is 21. The summed E-state index contributed by atoms with van der Waals surface area (Å²) in [6.45, 7) is 0. The molecule has 0 atom stereocenters. The zero-order valence-corrected chi connectivity index (χ0v) is 67.8. The van der Waals surface area contributed by atoms with E-state index in [0.29, 0.717) is 0 Å². The maximum Gasteiger partial charge on any atom is 0.0788 e. The highest BCUT2D eigenvalue weighted by molar-refractivity contribution is 8.00. The molecule has 0 fully saturated rings. The van der Waals surface area contributed by atoms with Crippen molar-refractivity contribution in [3.63, 3.8) is 0 Å². The number of hydrogen-bond acceptors (Lipinski definition) is 4. The van der Waals surface area contributed by atoms with Gasteiger partial charge in [0.15, 0.2) is 0 Å². The van der Waals surface area contributed by atoms with E-state index in [9.17, 15) is 0 Å². The van der Waals surface area contributed by atoms with Crippen LogP contribution in [0.2, 0.25) is 0 Å². The van der Waals surface area contributed by atoms with Crippen molar-refractivity contribution in [2.24, 2.45) is 0 Å². The second-order valence-electron chi connectivity index (χ2n) is 33.0. The van der Waals surface area contributed by atoms with Gasteiger partial charge in [-0.15, -0.1) is 0 Å². The molecule has 2 aliphatic carbocycles. The van der Waals surface area contributed by atoms with E-state index in [4.69, 9.17) is 9.97 Å². The van der Waals surface area contributed by atoms with Gasteiger partial charge >= 0.3 is 0 Å². The van der Waals surface area contributed by atoms with Crippen LogP contribution in [0.25, 0.3) is 186 Å². The molecule has 0 bridgehead atoms.